The van der Waals surface area contributed by atoms with Gasteiger partial charge in [0, 0.05) is 5.39 Å². The summed E-state index contributed by atoms with van der Waals surface area (Å²) in [6.45, 7) is 4.31. The largest absolute Gasteiger partial charge is 0.292 e. The minimum atomic E-state index is 1.02. The average Bonchev–Trinajstić information content (AvgIpc) is 3.01. The van der Waals surface area contributed by atoms with Crippen LogP contribution in [0.5, 0.6) is 0 Å². The van der Waals surface area contributed by atoms with E-state index in [0.29, 0.717) is 0 Å². The SMILES string of the molecule is Cc1cc2nc3c4ccccc4cc(-c4ccccc4)n3c2cc1C. The predicted molar refractivity (Wildman–Crippen MR) is 105 cm³/mol. The molecule has 0 spiro atoms. The van der Waals surface area contributed by atoms with Crippen molar-refractivity contribution in [2.24, 2.45) is 0 Å². The Labute approximate surface area is 146 Å². The van der Waals surface area contributed by atoms with Crippen LogP contribution < -0.4 is 0 Å². The summed E-state index contributed by atoms with van der Waals surface area (Å²) < 4.78 is 2.30. The smallest absolute Gasteiger partial charge is 0.146 e. The van der Waals surface area contributed by atoms with Gasteiger partial charge in [-0.1, -0.05) is 54.6 Å². The molecule has 0 radical (unpaired) electrons. The van der Waals surface area contributed by atoms with E-state index in [1.54, 1.807) is 0 Å². The van der Waals surface area contributed by atoms with Crippen LogP contribution >= 0.6 is 0 Å². The first-order chi connectivity index (χ1) is 12.2. The Morgan fingerprint density at radius 1 is 0.760 bits per heavy atom. The summed E-state index contributed by atoms with van der Waals surface area (Å²) in [5.74, 6) is 0. The highest BCUT2D eigenvalue weighted by atomic mass is 15.0. The number of hydrogen-bond donors (Lipinski definition) is 0. The molecule has 0 aliphatic heterocycles. The predicted octanol–water partition coefficient (Wildman–Crippen LogP) is 5.92. The van der Waals surface area contributed by atoms with Crippen LogP contribution in [0.15, 0.2) is 72.8 Å². The van der Waals surface area contributed by atoms with Crippen LogP contribution in [-0.4, -0.2) is 9.38 Å². The number of aromatic nitrogens is 2. The van der Waals surface area contributed by atoms with Gasteiger partial charge < -0.3 is 0 Å². The third kappa shape index (κ3) is 2.07. The van der Waals surface area contributed by atoms with Gasteiger partial charge in [0.2, 0.25) is 0 Å². The molecule has 3 aromatic carbocycles. The molecule has 2 heterocycles. The molecule has 0 bridgehead atoms. The molecule has 0 saturated heterocycles. The van der Waals surface area contributed by atoms with Crippen molar-refractivity contribution in [3.63, 3.8) is 0 Å². The van der Waals surface area contributed by atoms with Gasteiger partial charge in [0.25, 0.3) is 0 Å². The number of hydrogen-bond acceptors (Lipinski definition) is 1. The second kappa shape index (κ2) is 5.18. The average molecular weight is 322 g/mol. The number of fused-ring (bicyclic) bond motifs is 5. The number of rotatable bonds is 1. The van der Waals surface area contributed by atoms with E-state index in [1.165, 1.54) is 38.7 Å². The maximum Gasteiger partial charge on any atom is 0.146 e. The molecule has 0 aliphatic carbocycles. The van der Waals surface area contributed by atoms with Crippen LogP contribution in [0.4, 0.5) is 0 Å². The Bertz CT molecular complexity index is 1250. The number of aryl methyl sites for hydroxylation is 2. The number of imidazole rings is 1. The van der Waals surface area contributed by atoms with Gasteiger partial charge >= 0.3 is 0 Å². The second-order valence-corrected chi connectivity index (χ2v) is 6.68. The van der Waals surface area contributed by atoms with Crippen LogP contribution in [0.2, 0.25) is 0 Å². The molecule has 5 aromatic rings. The summed E-state index contributed by atoms with van der Waals surface area (Å²) in [5.41, 5.74) is 8.20. The number of benzene rings is 3. The molecule has 2 nitrogen and oxygen atoms in total. The molecule has 0 atom stereocenters. The Morgan fingerprint density at radius 2 is 1.48 bits per heavy atom. The molecule has 120 valence electrons. The highest BCUT2D eigenvalue weighted by Gasteiger charge is 2.14. The van der Waals surface area contributed by atoms with Crippen molar-refractivity contribution in [1.29, 1.82) is 0 Å². The zero-order chi connectivity index (χ0) is 17.0. The lowest BCUT2D eigenvalue weighted by Crippen LogP contribution is -1.94. The maximum absolute atomic E-state index is 4.99. The summed E-state index contributed by atoms with van der Waals surface area (Å²) in [6.07, 6.45) is 0. The summed E-state index contributed by atoms with van der Waals surface area (Å²) >= 11 is 0. The third-order valence-corrected chi connectivity index (χ3v) is 5.07. The Kier molecular flexibility index (Phi) is 2.95. The molecular formula is C23H18N2. The minimum Gasteiger partial charge on any atom is -0.292 e. The fourth-order valence-electron chi connectivity index (χ4n) is 3.62. The van der Waals surface area contributed by atoms with Crippen LogP contribution in [-0.2, 0) is 0 Å². The molecule has 0 saturated carbocycles. The fourth-order valence-corrected chi connectivity index (χ4v) is 3.62. The molecule has 0 aliphatic rings. The van der Waals surface area contributed by atoms with E-state index in [-0.39, 0.29) is 0 Å². The molecule has 0 N–H and O–H groups in total. The van der Waals surface area contributed by atoms with E-state index in [1.807, 2.05) is 0 Å². The highest BCUT2D eigenvalue weighted by Crippen LogP contribution is 2.32. The number of nitrogens with zero attached hydrogens (tertiary/aromatic N) is 2. The normalized spacial score (nSPS) is 11.6. The molecule has 5 rings (SSSR count). The minimum absolute atomic E-state index is 1.02. The van der Waals surface area contributed by atoms with Gasteiger partial charge in [0.15, 0.2) is 0 Å². The standard InChI is InChI=1S/C23H18N2/c1-15-12-20-22(13-16(15)2)25-21(17-8-4-3-5-9-17)14-18-10-6-7-11-19(18)23(25)24-20/h3-14H,1-2H3. The summed E-state index contributed by atoms with van der Waals surface area (Å²) in [7, 11) is 0. The maximum atomic E-state index is 4.99. The molecule has 0 unspecified atom stereocenters. The van der Waals surface area contributed by atoms with E-state index in [4.69, 9.17) is 4.98 Å². The molecular weight excluding hydrogens is 304 g/mol. The van der Waals surface area contributed by atoms with Gasteiger partial charge in [-0.2, -0.15) is 0 Å². The van der Waals surface area contributed by atoms with Crippen molar-refractivity contribution in [3.8, 4) is 11.3 Å². The van der Waals surface area contributed by atoms with Crippen LogP contribution in [0.3, 0.4) is 0 Å². The van der Waals surface area contributed by atoms with Gasteiger partial charge in [-0.05, 0) is 54.1 Å². The molecule has 2 aromatic heterocycles. The molecule has 0 amide bonds. The van der Waals surface area contributed by atoms with E-state index in [0.717, 1.165) is 11.2 Å². The zero-order valence-corrected chi connectivity index (χ0v) is 14.3. The molecule has 2 heteroatoms. The molecule has 25 heavy (non-hydrogen) atoms. The first kappa shape index (κ1) is 14.2. The van der Waals surface area contributed by atoms with Crippen LogP contribution in [0, 0.1) is 13.8 Å². The third-order valence-electron chi connectivity index (χ3n) is 5.07. The van der Waals surface area contributed by atoms with Gasteiger partial charge in [-0.15, -0.1) is 0 Å². The van der Waals surface area contributed by atoms with Crippen molar-refractivity contribution in [3.05, 3.63) is 83.9 Å². The second-order valence-electron chi connectivity index (χ2n) is 6.68. The summed E-state index contributed by atoms with van der Waals surface area (Å²) in [6, 6.07) is 25.8. The van der Waals surface area contributed by atoms with Crippen LogP contribution in [0.25, 0.3) is 38.7 Å². The van der Waals surface area contributed by atoms with Gasteiger partial charge in [-0.25, -0.2) is 4.98 Å². The van der Waals surface area contributed by atoms with Gasteiger partial charge in [0.1, 0.15) is 5.65 Å². The monoisotopic (exact) mass is 322 g/mol. The quantitative estimate of drug-likeness (QED) is 0.374. The lowest BCUT2D eigenvalue weighted by molar-refractivity contribution is 1.24. The van der Waals surface area contributed by atoms with Crippen molar-refractivity contribution >= 4 is 27.5 Å². The van der Waals surface area contributed by atoms with E-state index in [2.05, 4.69) is 91.0 Å². The van der Waals surface area contributed by atoms with Gasteiger partial charge in [0.05, 0.1) is 16.7 Å². The first-order valence-corrected chi connectivity index (χ1v) is 8.59. The molecule has 0 fully saturated rings. The Hall–Kier alpha value is -3.13. The topological polar surface area (TPSA) is 17.3 Å². The van der Waals surface area contributed by atoms with Crippen molar-refractivity contribution < 1.29 is 0 Å². The van der Waals surface area contributed by atoms with Crippen LogP contribution in [0.1, 0.15) is 11.1 Å². The summed E-state index contributed by atoms with van der Waals surface area (Å²) in [4.78, 5) is 4.99. The fraction of sp³-hybridized carbons (Fsp3) is 0.0870. The lowest BCUT2D eigenvalue weighted by atomic mass is 10.1. The van der Waals surface area contributed by atoms with Crippen molar-refractivity contribution in [2.45, 2.75) is 13.8 Å². The zero-order valence-electron chi connectivity index (χ0n) is 14.3. The van der Waals surface area contributed by atoms with E-state index in [9.17, 15) is 0 Å². The van der Waals surface area contributed by atoms with E-state index >= 15 is 0 Å². The summed E-state index contributed by atoms with van der Waals surface area (Å²) in [5, 5.41) is 2.41. The van der Waals surface area contributed by atoms with Gasteiger partial charge in [-0.3, -0.25) is 4.40 Å². The Morgan fingerprint density at radius 3 is 2.32 bits per heavy atom. The lowest BCUT2D eigenvalue weighted by Gasteiger charge is -2.10. The van der Waals surface area contributed by atoms with Crippen molar-refractivity contribution in [1.82, 2.24) is 9.38 Å². The Balaban J connectivity index is 2.05. The highest BCUT2D eigenvalue weighted by molar-refractivity contribution is 6.01. The van der Waals surface area contributed by atoms with E-state index < -0.39 is 0 Å². The van der Waals surface area contributed by atoms with Crippen molar-refractivity contribution in [2.75, 3.05) is 0 Å². The first-order valence-electron chi connectivity index (χ1n) is 8.59. The number of pyridine rings is 1.